The molecule has 8 heteroatoms. The number of nitrogens with one attached hydrogen (secondary N) is 1. The quantitative estimate of drug-likeness (QED) is 0.454. The number of fused-ring (bicyclic) bond motifs is 1. The van der Waals surface area contributed by atoms with Crippen molar-refractivity contribution in [3.63, 3.8) is 0 Å². The average molecular weight is 423 g/mol. The van der Waals surface area contributed by atoms with Crippen LogP contribution >= 0.6 is 11.8 Å². The predicted molar refractivity (Wildman–Crippen MR) is 118 cm³/mol. The van der Waals surface area contributed by atoms with Gasteiger partial charge in [0.15, 0.2) is 17.1 Å². The van der Waals surface area contributed by atoms with E-state index in [1.165, 1.54) is 4.52 Å². The second-order valence-corrected chi connectivity index (χ2v) is 7.59. The summed E-state index contributed by atoms with van der Waals surface area (Å²) in [7, 11) is 3.21. The van der Waals surface area contributed by atoms with Gasteiger partial charge in [-0.3, -0.25) is 9.89 Å². The van der Waals surface area contributed by atoms with E-state index in [0.29, 0.717) is 28.6 Å². The van der Waals surface area contributed by atoms with Crippen LogP contribution in [0.4, 0.5) is 0 Å². The second kappa shape index (κ2) is 8.62. The summed E-state index contributed by atoms with van der Waals surface area (Å²) in [6.07, 6.45) is 2.48. The maximum atomic E-state index is 12.8. The van der Waals surface area contributed by atoms with Crippen molar-refractivity contribution < 1.29 is 9.47 Å². The molecule has 0 bridgehead atoms. The molecule has 0 atom stereocenters. The molecule has 0 aliphatic heterocycles. The standard InChI is InChI=1S/C22H22N4O3S/c1-4-16-21(14-8-9-17(28-2)18(11-14)29-3)22-24-15(12-20(27)26(22)25-16)13-30-19-7-5-6-10-23-19/h5-12,25H,4,13H2,1-3H3. The molecule has 0 unspecified atom stereocenters. The third-order valence-corrected chi connectivity index (χ3v) is 5.75. The maximum absolute atomic E-state index is 12.8. The number of hydrogen-bond donors (Lipinski definition) is 1. The fraction of sp³-hybridized carbons (Fsp3) is 0.227. The summed E-state index contributed by atoms with van der Waals surface area (Å²) in [6, 6.07) is 13.0. The summed E-state index contributed by atoms with van der Waals surface area (Å²) < 4.78 is 12.3. The van der Waals surface area contributed by atoms with Crippen molar-refractivity contribution >= 4 is 17.4 Å². The molecule has 0 saturated carbocycles. The van der Waals surface area contributed by atoms with E-state index in [0.717, 1.165) is 28.3 Å². The van der Waals surface area contributed by atoms with E-state index in [2.05, 4.69) is 10.1 Å². The van der Waals surface area contributed by atoms with Gasteiger partial charge in [-0.15, -0.1) is 11.8 Å². The smallest absolute Gasteiger partial charge is 0.272 e. The van der Waals surface area contributed by atoms with Gasteiger partial charge in [-0.25, -0.2) is 14.5 Å². The van der Waals surface area contributed by atoms with Crippen molar-refractivity contribution in [3.8, 4) is 22.6 Å². The molecule has 0 spiro atoms. The molecular formula is C22H22N4O3S. The lowest BCUT2D eigenvalue weighted by atomic mass is 10.0. The first kappa shape index (κ1) is 20.0. The molecule has 4 rings (SSSR count). The monoisotopic (exact) mass is 422 g/mol. The molecule has 0 radical (unpaired) electrons. The van der Waals surface area contributed by atoms with Crippen LogP contribution in [0.15, 0.2) is 58.5 Å². The van der Waals surface area contributed by atoms with Crippen molar-refractivity contribution in [3.05, 3.63) is 70.4 Å². The number of pyridine rings is 1. The van der Waals surface area contributed by atoms with Gasteiger partial charge in [-0.2, -0.15) is 0 Å². The number of hydrogen-bond acceptors (Lipinski definition) is 6. The van der Waals surface area contributed by atoms with Crippen LogP contribution in [0.2, 0.25) is 0 Å². The van der Waals surface area contributed by atoms with E-state index in [1.807, 2.05) is 43.3 Å². The molecule has 0 aliphatic rings. The van der Waals surface area contributed by atoms with Gasteiger partial charge in [0.1, 0.15) is 0 Å². The zero-order valence-electron chi connectivity index (χ0n) is 17.0. The Balaban J connectivity index is 1.81. The van der Waals surface area contributed by atoms with Gasteiger partial charge in [-0.1, -0.05) is 19.1 Å². The molecule has 3 heterocycles. The molecule has 0 amide bonds. The molecule has 154 valence electrons. The Labute approximate surface area is 178 Å². The van der Waals surface area contributed by atoms with Crippen molar-refractivity contribution in [2.24, 2.45) is 0 Å². The van der Waals surface area contributed by atoms with Crippen LogP contribution in [-0.2, 0) is 12.2 Å². The highest BCUT2D eigenvalue weighted by Crippen LogP contribution is 2.35. The first-order valence-electron chi connectivity index (χ1n) is 9.54. The number of benzene rings is 1. The van der Waals surface area contributed by atoms with Gasteiger partial charge < -0.3 is 9.47 Å². The molecule has 3 aromatic heterocycles. The fourth-order valence-electron chi connectivity index (χ4n) is 3.34. The number of H-pyrrole nitrogens is 1. The summed E-state index contributed by atoms with van der Waals surface area (Å²) in [5.74, 6) is 1.83. The Kier molecular flexibility index (Phi) is 5.76. The van der Waals surface area contributed by atoms with Gasteiger partial charge >= 0.3 is 0 Å². The van der Waals surface area contributed by atoms with E-state index in [-0.39, 0.29) is 5.56 Å². The number of methoxy groups -OCH3 is 2. The van der Waals surface area contributed by atoms with Crippen molar-refractivity contribution in [1.82, 2.24) is 19.6 Å². The fourth-order valence-corrected chi connectivity index (χ4v) is 4.09. The lowest BCUT2D eigenvalue weighted by molar-refractivity contribution is 0.355. The highest BCUT2D eigenvalue weighted by molar-refractivity contribution is 7.98. The zero-order valence-corrected chi connectivity index (χ0v) is 17.8. The van der Waals surface area contributed by atoms with Crippen LogP contribution in [0.5, 0.6) is 11.5 Å². The summed E-state index contributed by atoms with van der Waals surface area (Å²) >= 11 is 1.55. The molecule has 1 N–H and O–H groups in total. The Morgan fingerprint density at radius 3 is 2.63 bits per heavy atom. The Morgan fingerprint density at radius 2 is 1.93 bits per heavy atom. The molecule has 4 aromatic rings. The normalized spacial score (nSPS) is 11.0. The average Bonchev–Trinajstić information content (AvgIpc) is 3.17. The summed E-state index contributed by atoms with van der Waals surface area (Å²) in [4.78, 5) is 21.9. The predicted octanol–water partition coefficient (Wildman–Crippen LogP) is 3.96. The van der Waals surface area contributed by atoms with Crippen LogP contribution < -0.4 is 15.0 Å². The summed E-state index contributed by atoms with van der Waals surface area (Å²) in [5.41, 5.74) is 3.89. The number of nitrogens with zero attached hydrogens (tertiary/aromatic N) is 3. The minimum absolute atomic E-state index is 0.141. The number of thioether (sulfide) groups is 1. The van der Waals surface area contributed by atoms with Crippen molar-refractivity contribution in [1.29, 1.82) is 0 Å². The third-order valence-electron chi connectivity index (χ3n) is 4.78. The highest BCUT2D eigenvalue weighted by atomic mass is 32.2. The third kappa shape index (κ3) is 3.78. The number of rotatable bonds is 7. The lowest BCUT2D eigenvalue weighted by Crippen LogP contribution is -2.15. The van der Waals surface area contributed by atoms with E-state index >= 15 is 0 Å². The van der Waals surface area contributed by atoms with Crippen LogP contribution in [0.3, 0.4) is 0 Å². The van der Waals surface area contributed by atoms with Crippen LogP contribution in [-0.4, -0.2) is 33.8 Å². The van der Waals surface area contributed by atoms with E-state index in [9.17, 15) is 4.79 Å². The first-order chi connectivity index (χ1) is 14.6. The molecule has 0 fully saturated rings. The van der Waals surface area contributed by atoms with Crippen molar-refractivity contribution in [2.45, 2.75) is 24.1 Å². The van der Waals surface area contributed by atoms with Gasteiger partial charge in [0.25, 0.3) is 5.56 Å². The summed E-state index contributed by atoms with van der Waals surface area (Å²) in [6.45, 7) is 2.04. The molecular weight excluding hydrogens is 400 g/mol. The largest absolute Gasteiger partial charge is 0.493 e. The summed E-state index contributed by atoms with van der Waals surface area (Å²) in [5, 5.41) is 4.09. The molecule has 0 saturated heterocycles. The molecule has 0 aliphatic carbocycles. The maximum Gasteiger partial charge on any atom is 0.272 e. The number of aryl methyl sites for hydroxylation is 1. The van der Waals surface area contributed by atoms with Crippen LogP contribution in [0, 0.1) is 0 Å². The van der Waals surface area contributed by atoms with Gasteiger partial charge in [0.05, 0.1) is 24.9 Å². The zero-order chi connectivity index (χ0) is 21.1. The molecule has 7 nitrogen and oxygen atoms in total. The minimum atomic E-state index is -0.141. The Morgan fingerprint density at radius 1 is 1.10 bits per heavy atom. The Bertz CT molecular complexity index is 1230. The number of ether oxygens (including phenoxy) is 2. The van der Waals surface area contributed by atoms with E-state index in [4.69, 9.17) is 14.5 Å². The number of aromatic nitrogens is 4. The van der Waals surface area contributed by atoms with E-state index < -0.39 is 0 Å². The SMILES string of the molecule is CCc1[nH]n2c(=O)cc(CSc3ccccn3)nc2c1-c1ccc(OC)c(OC)c1. The second-order valence-electron chi connectivity index (χ2n) is 6.59. The topological polar surface area (TPSA) is 81.5 Å². The van der Waals surface area contributed by atoms with Gasteiger partial charge in [-0.05, 0) is 36.2 Å². The molecule has 1 aromatic carbocycles. The highest BCUT2D eigenvalue weighted by Gasteiger charge is 2.18. The first-order valence-corrected chi connectivity index (χ1v) is 10.5. The lowest BCUT2D eigenvalue weighted by Gasteiger charge is -2.10. The van der Waals surface area contributed by atoms with Crippen LogP contribution in [0.25, 0.3) is 16.8 Å². The van der Waals surface area contributed by atoms with E-state index in [1.54, 1.807) is 38.2 Å². The van der Waals surface area contributed by atoms with Gasteiger partial charge in [0.2, 0.25) is 0 Å². The van der Waals surface area contributed by atoms with Gasteiger partial charge in [0, 0.05) is 29.3 Å². The van der Waals surface area contributed by atoms with Crippen molar-refractivity contribution in [2.75, 3.05) is 14.2 Å². The Hall–Kier alpha value is -3.26. The van der Waals surface area contributed by atoms with Crippen LogP contribution in [0.1, 0.15) is 18.3 Å². The molecule has 30 heavy (non-hydrogen) atoms. The minimum Gasteiger partial charge on any atom is -0.493 e. The number of aromatic amines is 1.